The highest BCUT2D eigenvalue weighted by Crippen LogP contribution is 2.23. The molecule has 0 aliphatic rings. The molecule has 6 heteroatoms. The van der Waals surface area contributed by atoms with Gasteiger partial charge in [0.05, 0.1) is 0 Å². The van der Waals surface area contributed by atoms with Crippen LogP contribution in [0.25, 0.3) is 0 Å². The average molecular weight is 261 g/mol. The lowest BCUT2D eigenvalue weighted by atomic mass is 10.0. The van der Waals surface area contributed by atoms with Crippen LogP contribution < -0.4 is 10.7 Å². The summed E-state index contributed by atoms with van der Waals surface area (Å²) in [5, 5.41) is 11.1. The summed E-state index contributed by atoms with van der Waals surface area (Å²) in [4.78, 5) is 0. The standard InChI is InChI=1S/C12H15N5S/c1-9(2)10-5-3-4-6-11(10)15-12(18)16-17-7-13-14-8-17/h3-9H,1-2H3,(H2,15,16,18). The van der Waals surface area contributed by atoms with Gasteiger partial charge in [-0.2, -0.15) is 0 Å². The van der Waals surface area contributed by atoms with Gasteiger partial charge in [0.2, 0.25) is 0 Å². The quantitative estimate of drug-likeness (QED) is 0.831. The number of hydrogen-bond donors (Lipinski definition) is 2. The molecule has 0 radical (unpaired) electrons. The highest BCUT2D eigenvalue weighted by atomic mass is 32.1. The third-order valence-electron chi connectivity index (χ3n) is 2.48. The van der Waals surface area contributed by atoms with Crippen molar-refractivity contribution >= 4 is 23.0 Å². The van der Waals surface area contributed by atoms with Crippen LogP contribution in [0, 0.1) is 0 Å². The fraction of sp³-hybridized carbons (Fsp3) is 0.250. The highest BCUT2D eigenvalue weighted by molar-refractivity contribution is 7.80. The predicted molar refractivity (Wildman–Crippen MR) is 76.1 cm³/mol. The summed E-state index contributed by atoms with van der Waals surface area (Å²) < 4.78 is 1.59. The molecular weight excluding hydrogens is 246 g/mol. The second-order valence-electron chi connectivity index (χ2n) is 4.18. The van der Waals surface area contributed by atoms with Crippen LogP contribution in [0.1, 0.15) is 25.3 Å². The maximum absolute atomic E-state index is 5.23. The number of anilines is 1. The number of para-hydroxylation sites is 1. The van der Waals surface area contributed by atoms with Crippen LogP contribution in [0.15, 0.2) is 36.9 Å². The highest BCUT2D eigenvalue weighted by Gasteiger charge is 2.06. The average Bonchev–Trinajstić information content (AvgIpc) is 2.82. The molecule has 2 N–H and O–H groups in total. The Morgan fingerprint density at radius 3 is 2.56 bits per heavy atom. The van der Waals surface area contributed by atoms with Gasteiger partial charge in [-0.1, -0.05) is 32.0 Å². The minimum absolute atomic E-state index is 0.436. The van der Waals surface area contributed by atoms with E-state index in [0.717, 1.165) is 5.69 Å². The van der Waals surface area contributed by atoms with E-state index in [9.17, 15) is 0 Å². The van der Waals surface area contributed by atoms with Crippen molar-refractivity contribution < 1.29 is 0 Å². The molecule has 0 saturated heterocycles. The van der Waals surface area contributed by atoms with Crippen molar-refractivity contribution in [3.05, 3.63) is 42.5 Å². The number of thiocarbonyl (C=S) groups is 1. The summed E-state index contributed by atoms with van der Waals surface area (Å²) in [7, 11) is 0. The normalized spacial score (nSPS) is 10.4. The zero-order valence-electron chi connectivity index (χ0n) is 10.3. The van der Waals surface area contributed by atoms with Crippen LogP contribution in [0.5, 0.6) is 0 Å². The Morgan fingerprint density at radius 1 is 1.22 bits per heavy atom. The van der Waals surface area contributed by atoms with Crippen LogP contribution in [0.2, 0.25) is 0 Å². The fourth-order valence-electron chi connectivity index (χ4n) is 1.64. The monoisotopic (exact) mass is 261 g/mol. The molecule has 0 fully saturated rings. The molecule has 0 bridgehead atoms. The molecule has 0 aliphatic carbocycles. The van der Waals surface area contributed by atoms with Crippen molar-refractivity contribution in [2.45, 2.75) is 19.8 Å². The molecule has 5 nitrogen and oxygen atoms in total. The third-order valence-corrected chi connectivity index (χ3v) is 2.67. The largest absolute Gasteiger partial charge is 0.331 e. The Morgan fingerprint density at radius 2 is 1.89 bits per heavy atom. The van der Waals surface area contributed by atoms with E-state index in [4.69, 9.17) is 12.2 Å². The molecule has 0 aliphatic heterocycles. The van der Waals surface area contributed by atoms with E-state index >= 15 is 0 Å². The van der Waals surface area contributed by atoms with Crippen molar-refractivity contribution in [3.8, 4) is 0 Å². The zero-order chi connectivity index (χ0) is 13.0. The lowest BCUT2D eigenvalue weighted by Crippen LogP contribution is -2.27. The molecule has 2 aromatic rings. The zero-order valence-corrected chi connectivity index (χ0v) is 11.1. The SMILES string of the molecule is CC(C)c1ccccc1NC(=S)Nn1cnnc1. The summed E-state index contributed by atoms with van der Waals surface area (Å²) >= 11 is 5.23. The van der Waals surface area contributed by atoms with Gasteiger partial charge in [0.15, 0.2) is 5.11 Å². The molecule has 0 amide bonds. The molecule has 18 heavy (non-hydrogen) atoms. The van der Waals surface area contributed by atoms with Crippen molar-refractivity contribution in [2.24, 2.45) is 0 Å². The van der Waals surface area contributed by atoms with Crippen molar-refractivity contribution in [2.75, 3.05) is 10.7 Å². The molecular formula is C12H15N5S. The Bertz CT molecular complexity index is 521. The van der Waals surface area contributed by atoms with Gasteiger partial charge in [0, 0.05) is 5.69 Å². The van der Waals surface area contributed by atoms with Crippen LogP contribution in [0.3, 0.4) is 0 Å². The van der Waals surface area contributed by atoms with Gasteiger partial charge < -0.3 is 5.32 Å². The molecule has 0 spiro atoms. The summed E-state index contributed by atoms with van der Waals surface area (Å²) in [6, 6.07) is 8.11. The number of hydrogen-bond acceptors (Lipinski definition) is 3. The first-order valence-corrected chi connectivity index (χ1v) is 6.09. The maximum atomic E-state index is 5.23. The second kappa shape index (κ2) is 5.59. The fourth-order valence-corrected chi connectivity index (χ4v) is 1.86. The lowest BCUT2D eigenvalue weighted by molar-refractivity contribution is 0.869. The third kappa shape index (κ3) is 3.04. The van der Waals surface area contributed by atoms with Gasteiger partial charge in [-0.3, -0.25) is 5.43 Å². The maximum Gasteiger partial charge on any atom is 0.190 e. The number of rotatable bonds is 3. The summed E-state index contributed by atoms with van der Waals surface area (Å²) in [6.45, 7) is 4.30. The number of nitrogens with zero attached hydrogens (tertiary/aromatic N) is 3. The van der Waals surface area contributed by atoms with E-state index < -0.39 is 0 Å². The summed E-state index contributed by atoms with van der Waals surface area (Å²) in [5.74, 6) is 0.436. The lowest BCUT2D eigenvalue weighted by Gasteiger charge is -2.15. The van der Waals surface area contributed by atoms with Crippen LogP contribution in [-0.2, 0) is 0 Å². The van der Waals surface area contributed by atoms with Gasteiger partial charge in [0.1, 0.15) is 12.7 Å². The van der Waals surface area contributed by atoms with E-state index in [1.165, 1.54) is 5.56 Å². The van der Waals surface area contributed by atoms with E-state index in [-0.39, 0.29) is 0 Å². The molecule has 1 aromatic heterocycles. The van der Waals surface area contributed by atoms with Crippen LogP contribution in [-0.4, -0.2) is 20.0 Å². The molecule has 0 atom stereocenters. The molecule has 2 rings (SSSR count). The topological polar surface area (TPSA) is 54.8 Å². The van der Waals surface area contributed by atoms with Gasteiger partial charge in [-0.25, -0.2) is 4.68 Å². The van der Waals surface area contributed by atoms with Crippen molar-refractivity contribution in [1.29, 1.82) is 0 Å². The van der Waals surface area contributed by atoms with Gasteiger partial charge in [0.25, 0.3) is 0 Å². The molecule has 1 heterocycles. The number of benzene rings is 1. The van der Waals surface area contributed by atoms with Crippen molar-refractivity contribution in [1.82, 2.24) is 14.9 Å². The van der Waals surface area contributed by atoms with Crippen molar-refractivity contribution in [3.63, 3.8) is 0 Å². The Labute approximate surface area is 111 Å². The smallest absolute Gasteiger partial charge is 0.190 e. The molecule has 0 unspecified atom stereocenters. The minimum Gasteiger partial charge on any atom is -0.331 e. The first-order chi connectivity index (χ1) is 8.66. The van der Waals surface area contributed by atoms with E-state index in [2.05, 4.69) is 40.9 Å². The Hall–Kier alpha value is -1.95. The first kappa shape index (κ1) is 12.5. The molecule has 0 saturated carbocycles. The van der Waals surface area contributed by atoms with Crippen LogP contribution >= 0.6 is 12.2 Å². The molecule has 94 valence electrons. The predicted octanol–water partition coefficient (Wildman–Crippen LogP) is 2.34. The first-order valence-electron chi connectivity index (χ1n) is 5.68. The van der Waals surface area contributed by atoms with Gasteiger partial charge in [-0.05, 0) is 29.8 Å². The van der Waals surface area contributed by atoms with Gasteiger partial charge >= 0.3 is 0 Å². The second-order valence-corrected chi connectivity index (χ2v) is 4.59. The Kier molecular flexibility index (Phi) is 3.88. The summed E-state index contributed by atoms with van der Waals surface area (Å²) in [5.41, 5.74) is 5.19. The van der Waals surface area contributed by atoms with Crippen LogP contribution in [0.4, 0.5) is 5.69 Å². The van der Waals surface area contributed by atoms with E-state index in [0.29, 0.717) is 11.0 Å². The minimum atomic E-state index is 0.436. The number of nitrogens with one attached hydrogen (secondary N) is 2. The van der Waals surface area contributed by atoms with Gasteiger partial charge in [-0.15, -0.1) is 10.2 Å². The molecule has 1 aromatic carbocycles. The summed E-state index contributed by atoms with van der Waals surface area (Å²) in [6.07, 6.45) is 3.09. The number of aromatic nitrogens is 3. The Balaban J connectivity index is 2.07. The van der Waals surface area contributed by atoms with E-state index in [1.54, 1.807) is 17.3 Å². The van der Waals surface area contributed by atoms with E-state index in [1.807, 2.05) is 18.2 Å².